The molecule has 108 valence electrons. The van der Waals surface area contributed by atoms with Gasteiger partial charge in [0.1, 0.15) is 0 Å². The van der Waals surface area contributed by atoms with Crippen molar-refractivity contribution in [2.45, 2.75) is 24.7 Å². The van der Waals surface area contributed by atoms with Gasteiger partial charge in [-0.25, -0.2) is 9.18 Å². The maximum absolute atomic E-state index is 13.8. The number of hydrogen-bond acceptors (Lipinski definition) is 3. The van der Waals surface area contributed by atoms with Gasteiger partial charge in [0.2, 0.25) is 5.78 Å². The van der Waals surface area contributed by atoms with Crippen LogP contribution >= 0.6 is 0 Å². The molecular weight excluding hydrogens is 280 g/mol. The molecular formula is C13H10F4O3. The van der Waals surface area contributed by atoms with Gasteiger partial charge in [-0.1, -0.05) is 0 Å². The summed E-state index contributed by atoms with van der Waals surface area (Å²) in [5.74, 6) is -2.09. The first-order chi connectivity index (χ1) is 9.19. The van der Waals surface area contributed by atoms with Gasteiger partial charge in [0.05, 0.1) is 18.2 Å². The van der Waals surface area contributed by atoms with Gasteiger partial charge in [-0.15, -0.1) is 0 Å². The van der Waals surface area contributed by atoms with E-state index in [0.29, 0.717) is 12.1 Å². The number of ether oxygens (including phenoxy) is 1. The van der Waals surface area contributed by atoms with Gasteiger partial charge in [0.25, 0.3) is 0 Å². The Morgan fingerprint density at radius 2 is 1.80 bits per heavy atom. The van der Waals surface area contributed by atoms with E-state index in [0.717, 1.165) is 13.2 Å². The molecule has 0 aromatic heterocycles. The Kier molecular flexibility index (Phi) is 3.31. The lowest BCUT2D eigenvalue weighted by molar-refractivity contribution is -0.137. The van der Waals surface area contributed by atoms with E-state index in [9.17, 15) is 27.2 Å². The van der Waals surface area contributed by atoms with Gasteiger partial charge in [-0.3, -0.25) is 4.79 Å². The van der Waals surface area contributed by atoms with Crippen LogP contribution in [0, 0.1) is 0 Å². The molecule has 20 heavy (non-hydrogen) atoms. The normalized spacial score (nSPS) is 16.6. The quantitative estimate of drug-likeness (QED) is 0.488. The van der Waals surface area contributed by atoms with Crippen molar-refractivity contribution in [3.8, 4) is 0 Å². The van der Waals surface area contributed by atoms with Crippen molar-refractivity contribution < 1.29 is 31.9 Å². The summed E-state index contributed by atoms with van der Waals surface area (Å²) >= 11 is 0. The molecule has 1 aromatic carbocycles. The van der Waals surface area contributed by atoms with Crippen molar-refractivity contribution in [2.75, 3.05) is 7.11 Å². The molecule has 0 saturated heterocycles. The van der Waals surface area contributed by atoms with E-state index in [1.807, 2.05) is 0 Å². The second-order valence-corrected chi connectivity index (χ2v) is 4.54. The van der Waals surface area contributed by atoms with Crippen LogP contribution in [0.3, 0.4) is 0 Å². The number of ketones is 1. The molecule has 1 aromatic rings. The number of Topliss-reactive ketones (excluding diaryl/α,β-unsaturated/α-hetero) is 1. The Hall–Kier alpha value is -1.92. The van der Waals surface area contributed by atoms with E-state index in [2.05, 4.69) is 4.74 Å². The third-order valence-electron chi connectivity index (χ3n) is 3.09. The third-order valence-corrected chi connectivity index (χ3v) is 3.09. The highest BCUT2D eigenvalue weighted by Crippen LogP contribution is 2.43. The van der Waals surface area contributed by atoms with Crippen LogP contribution in [0.15, 0.2) is 18.2 Å². The standard InChI is InChI=1S/C13H10F4O3/c1-20-11(19)8-3-2-7(13(15,16)17)6-9(8)10(18)12(14)4-5-12/h2-3,6H,4-5H2,1H3. The maximum atomic E-state index is 13.8. The zero-order valence-electron chi connectivity index (χ0n) is 10.4. The lowest BCUT2D eigenvalue weighted by atomic mass is 9.97. The van der Waals surface area contributed by atoms with Crippen LogP contribution in [0.25, 0.3) is 0 Å². The molecule has 0 atom stereocenters. The lowest BCUT2D eigenvalue weighted by Crippen LogP contribution is -2.22. The Bertz CT molecular complexity index is 573. The van der Waals surface area contributed by atoms with E-state index in [4.69, 9.17) is 0 Å². The predicted molar refractivity (Wildman–Crippen MR) is 60.2 cm³/mol. The second-order valence-electron chi connectivity index (χ2n) is 4.54. The number of methoxy groups -OCH3 is 1. The van der Waals surface area contributed by atoms with Crippen LogP contribution in [0.1, 0.15) is 39.1 Å². The Morgan fingerprint density at radius 3 is 2.25 bits per heavy atom. The molecule has 0 heterocycles. The second kappa shape index (κ2) is 4.57. The number of halogens is 4. The molecule has 1 fully saturated rings. The third kappa shape index (κ3) is 2.52. The smallest absolute Gasteiger partial charge is 0.416 e. The highest BCUT2D eigenvalue weighted by molar-refractivity contribution is 6.11. The van der Waals surface area contributed by atoms with Gasteiger partial charge < -0.3 is 4.74 Å². The topological polar surface area (TPSA) is 43.4 Å². The minimum Gasteiger partial charge on any atom is -0.465 e. The Labute approximate surface area is 111 Å². The van der Waals surface area contributed by atoms with E-state index in [1.54, 1.807) is 0 Å². The largest absolute Gasteiger partial charge is 0.465 e. The highest BCUT2D eigenvalue weighted by Gasteiger charge is 2.52. The number of alkyl halides is 4. The Balaban J connectivity index is 2.54. The zero-order valence-corrected chi connectivity index (χ0v) is 10.4. The summed E-state index contributed by atoms with van der Waals surface area (Å²) in [7, 11) is 1.02. The summed E-state index contributed by atoms with van der Waals surface area (Å²) in [6.07, 6.45) is -4.79. The summed E-state index contributed by atoms with van der Waals surface area (Å²) in [6.45, 7) is 0. The van der Waals surface area contributed by atoms with Crippen molar-refractivity contribution >= 4 is 11.8 Å². The molecule has 1 aliphatic rings. The summed E-state index contributed by atoms with van der Waals surface area (Å²) in [5.41, 5.74) is -4.23. The first kappa shape index (κ1) is 14.5. The molecule has 0 radical (unpaired) electrons. The fourth-order valence-corrected chi connectivity index (χ4v) is 1.77. The van der Waals surface area contributed by atoms with Crippen molar-refractivity contribution in [2.24, 2.45) is 0 Å². The molecule has 7 heteroatoms. The van der Waals surface area contributed by atoms with Crippen LogP contribution in [-0.2, 0) is 10.9 Å². The Morgan fingerprint density at radius 1 is 1.20 bits per heavy atom. The van der Waals surface area contributed by atoms with E-state index >= 15 is 0 Å². The van der Waals surface area contributed by atoms with Crippen LogP contribution < -0.4 is 0 Å². The molecule has 0 aliphatic heterocycles. The first-order valence-corrected chi connectivity index (χ1v) is 5.72. The SMILES string of the molecule is COC(=O)c1ccc(C(F)(F)F)cc1C(=O)C1(F)CC1. The van der Waals surface area contributed by atoms with Gasteiger partial charge in [0.15, 0.2) is 5.67 Å². The molecule has 1 saturated carbocycles. The minimum absolute atomic E-state index is 0.0529. The van der Waals surface area contributed by atoms with Crippen molar-refractivity contribution in [1.29, 1.82) is 0 Å². The first-order valence-electron chi connectivity index (χ1n) is 5.72. The van der Waals surface area contributed by atoms with E-state index in [-0.39, 0.29) is 18.4 Å². The number of carbonyl (C=O) groups excluding carboxylic acids is 2. The molecule has 0 unspecified atom stereocenters. The van der Waals surface area contributed by atoms with E-state index < -0.39 is 34.7 Å². The molecule has 3 nitrogen and oxygen atoms in total. The predicted octanol–water partition coefficient (Wildman–Crippen LogP) is 3.18. The maximum Gasteiger partial charge on any atom is 0.416 e. The number of rotatable bonds is 3. The zero-order chi connectivity index (χ0) is 15.1. The average Bonchev–Trinajstić information content (AvgIpc) is 3.14. The van der Waals surface area contributed by atoms with Gasteiger partial charge in [-0.2, -0.15) is 13.2 Å². The van der Waals surface area contributed by atoms with Gasteiger partial charge >= 0.3 is 12.1 Å². The highest BCUT2D eigenvalue weighted by atomic mass is 19.4. The molecule has 0 spiro atoms. The number of esters is 1. The minimum atomic E-state index is -4.68. The lowest BCUT2D eigenvalue weighted by Gasteiger charge is -2.13. The fourth-order valence-electron chi connectivity index (χ4n) is 1.77. The molecule has 2 rings (SSSR count). The van der Waals surface area contributed by atoms with Crippen LogP contribution in [0.2, 0.25) is 0 Å². The molecule has 0 N–H and O–H groups in total. The van der Waals surface area contributed by atoms with Gasteiger partial charge in [0, 0.05) is 5.56 Å². The fraction of sp³-hybridized carbons (Fsp3) is 0.385. The summed E-state index contributed by atoms with van der Waals surface area (Å²) < 4.78 is 56.1. The summed E-state index contributed by atoms with van der Waals surface area (Å²) in [4.78, 5) is 23.4. The molecule has 0 bridgehead atoms. The van der Waals surface area contributed by atoms with Gasteiger partial charge in [-0.05, 0) is 31.0 Å². The number of benzene rings is 1. The number of carbonyl (C=O) groups is 2. The number of hydrogen-bond donors (Lipinski definition) is 0. The van der Waals surface area contributed by atoms with E-state index in [1.165, 1.54) is 0 Å². The van der Waals surface area contributed by atoms with Crippen LogP contribution in [-0.4, -0.2) is 24.5 Å². The summed E-state index contributed by atoms with van der Waals surface area (Å²) in [5, 5.41) is 0. The monoisotopic (exact) mass is 290 g/mol. The van der Waals surface area contributed by atoms with Crippen LogP contribution in [0.5, 0.6) is 0 Å². The molecule has 0 amide bonds. The van der Waals surface area contributed by atoms with Crippen molar-refractivity contribution in [3.63, 3.8) is 0 Å². The molecule has 1 aliphatic carbocycles. The van der Waals surface area contributed by atoms with Crippen molar-refractivity contribution in [1.82, 2.24) is 0 Å². The van der Waals surface area contributed by atoms with Crippen molar-refractivity contribution in [3.05, 3.63) is 34.9 Å². The summed E-state index contributed by atoms with van der Waals surface area (Å²) in [6, 6.07) is 1.97. The average molecular weight is 290 g/mol. The van der Waals surface area contributed by atoms with Crippen LogP contribution in [0.4, 0.5) is 17.6 Å².